The first-order chi connectivity index (χ1) is 13.6. The summed E-state index contributed by atoms with van der Waals surface area (Å²) in [6.45, 7) is 5.92. The fourth-order valence-corrected chi connectivity index (χ4v) is 3.43. The van der Waals surface area contributed by atoms with Crippen molar-refractivity contribution < 1.29 is 4.79 Å². The van der Waals surface area contributed by atoms with Gasteiger partial charge in [-0.05, 0) is 60.4 Å². The van der Waals surface area contributed by atoms with Gasteiger partial charge in [-0.15, -0.1) is 0 Å². The molecular weight excluding hydrogens is 348 g/mol. The number of benzene rings is 2. The zero-order valence-corrected chi connectivity index (χ0v) is 16.3. The number of aromatic amines is 1. The Morgan fingerprint density at radius 3 is 2.68 bits per heavy atom. The quantitative estimate of drug-likeness (QED) is 0.529. The molecule has 1 aliphatic rings. The minimum Gasteiger partial charge on any atom is -0.380 e. The van der Waals surface area contributed by atoms with Crippen LogP contribution in [0, 0.1) is 6.92 Å². The van der Waals surface area contributed by atoms with E-state index in [9.17, 15) is 4.79 Å². The van der Waals surface area contributed by atoms with E-state index in [0.717, 1.165) is 41.0 Å². The molecule has 2 heterocycles. The van der Waals surface area contributed by atoms with E-state index >= 15 is 0 Å². The number of hydrogen-bond acceptors (Lipinski definition) is 3. The lowest BCUT2D eigenvalue weighted by atomic mass is 10.0. The molecular formula is C23H26N4O. The largest absolute Gasteiger partial charge is 0.380 e. The first kappa shape index (κ1) is 18.3. The summed E-state index contributed by atoms with van der Waals surface area (Å²) >= 11 is 0. The van der Waals surface area contributed by atoms with Gasteiger partial charge in [0.2, 0.25) is 0 Å². The lowest BCUT2D eigenvalue weighted by molar-refractivity contribution is 0.0939. The Bertz CT molecular complexity index is 960. The van der Waals surface area contributed by atoms with Gasteiger partial charge < -0.3 is 20.9 Å². The number of amides is 1. The van der Waals surface area contributed by atoms with E-state index < -0.39 is 0 Å². The summed E-state index contributed by atoms with van der Waals surface area (Å²) in [7, 11) is 0. The number of rotatable bonds is 6. The van der Waals surface area contributed by atoms with E-state index in [1.54, 1.807) is 0 Å². The number of aromatic nitrogens is 1. The minimum atomic E-state index is -0.0850. The predicted molar refractivity (Wildman–Crippen MR) is 114 cm³/mol. The van der Waals surface area contributed by atoms with Crippen LogP contribution in [0.3, 0.4) is 0 Å². The highest BCUT2D eigenvalue weighted by atomic mass is 16.1. The van der Waals surface area contributed by atoms with Crippen LogP contribution in [0.5, 0.6) is 0 Å². The number of hydrogen-bond donors (Lipinski definition) is 4. The van der Waals surface area contributed by atoms with E-state index in [4.69, 9.17) is 0 Å². The van der Waals surface area contributed by atoms with Crippen molar-refractivity contribution in [2.75, 3.05) is 18.4 Å². The van der Waals surface area contributed by atoms with Gasteiger partial charge in [0.05, 0.1) is 12.1 Å². The van der Waals surface area contributed by atoms with Gasteiger partial charge in [0.15, 0.2) is 0 Å². The topological polar surface area (TPSA) is 68.9 Å². The van der Waals surface area contributed by atoms with Crippen molar-refractivity contribution in [3.8, 4) is 11.1 Å². The van der Waals surface area contributed by atoms with Crippen LogP contribution in [0.2, 0.25) is 0 Å². The van der Waals surface area contributed by atoms with Gasteiger partial charge in [0.25, 0.3) is 5.91 Å². The Morgan fingerprint density at radius 2 is 1.96 bits per heavy atom. The molecule has 5 nitrogen and oxygen atoms in total. The molecule has 0 spiro atoms. The second-order valence-corrected chi connectivity index (χ2v) is 7.45. The van der Waals surface area contributed by atoms with Crippen molar-refractivity contribution in [1.29, 1.82) is 0 Å². The summed E-state index contributed by atoms with van der Waals surface area (Å²) in [5, 5.41) is 9.86. The maximum absolute atomic E-state index is 12.9. The monoisotopic (exact) mass is 374 g/mol. The molecule has 1 atom stereocenters. The summed E-state index contributed by atoms with van der Waals surface area (Å²) in [5.41, 5.74) is 6.04. The van der Waals surface area contributed by atoms with Crippen molar-refractivity contribution in [2.24, 2.45) is 0 Å². The van der Waals surface area contributed by atoms with Crippen LogP contribution in [0.15, 0.2) is 60.9 Å². The van der Waals surface area contributed by atoms with Crippen LogP contribution >= 0.6 is 0 Å². The number of carbonyl (C=O) groups is 1. The smallest absolute Gasteiger partial charge is 0.252 e. The van der Waals surface area contributed by atoms with Gasteiger partial charge in [0, 0.05) is 36.7 Å². The molecule has 0 saturated carbocycles. The molecule has 1 fully saturated rings. The van der Waals surface area contributed by atoms with Crippen LogP contribution < -0.4 is 16.0 Å². The third-order valence-corrected chi connectivity index (χ3v) is 5.30. The van der Waals surface area contributed by atoms with Crippen LogP contribution in [-0.2, 0) is 0 Å². The Morgan fingerprint density at radius 1 is 1.11 bits per heavy atom. The van der Waals surface area contributed by atoms with Gasteiger partial charge in [-0.1, -0.05) is 24.3 Å². The van der Waals surface area contributed by atoms with Crippen molar-refractivity contribution in [1.82, 2.24) is 15.6 Å². The standard InChI is InChI=1S/C23H26N4O/c1-15-6-7-20(27-21-13-25-14-21)11-22(15)23(28)26-16(2)17-4-3-5-18(10-17)19-8-9-24-12-19/h3-12,16,21,24-25,27H,13-14H2,1-2H3,(H,26,28). The fraction of sp³-hybridized carbons (Fsp3) is 0.261. The molecule has 0 aliphatic carbocycles. The SMILES string of the molecule is Cc1ccc(NC2CNC2)cc1C(=O)NC(C)c1cccc(-c2cc[nH]c2)c1. The Balaban J connectivity index is 1.48. The zero-order chi connectivity index (χ0) is 19.5. The maximum Gasteiger partial charge on any atom is 0.252 e. The molecule has 144 valence electrons. The Labute approximate surface area is 165 Å². The summed E-state index contributed by atoms with van der Waals surface area (Å²) in [6.07, 6.45) is 3.89. The first-order valence-electron chi connectivity index (χ1n) is 9.72. The predicted octanol–water partition coefficient (Wildman–Crippen LogP) is 3.86. The maximum atomic E-state index is 12.9. The average Bonchev–Trinajstić information content (AvgIpc) is 3.20. The third-order valence-electron chi connectivity index (χ3n) is 5.30. The van der Waals surface area contributed by atoms with Gasteiger partial charge in [-0.2, -0.15) is 0 Å². The molecule has 1 aliphatic heterocycles. The molecule has 3 aromatic rings. The Kier molecular flexibility index (Phi) is 5.17. The summed E-state index contributed by atoms with van der Waals surface area (Å²) < 4.78 is 0. The van der Waals surface area contributed by atoms with Crippen LogP contribution in [0.25, 0.3) is 11.1 Å². The molecule has 0 bridgehead atoms. The molecule has 1 aromatic heterocycles. The van der Waals surface area contributed by atoms with Crippen molar-refractivity contribution in [3.05, 3.63) is 77.6 Å². The molecule has 28 heavy (non-hydrogen) atoms. The third kappa shape index (κ3) is 3.94. The second kappa shape index (κ2) is 7.90. The van der Waals surface area contributed by atoms with E-state index in [0.29, 0.717) is 11.6 Å². The van der Waals surface area contributed by atoms with E-state index in [-0.39, 0.29) is 11.9 Å². The number of aryl methyl sites for hydroxylation is 1. The molecule has 1 amide bonds. The summed E-state index contributed by atoms with van der Waals surface area (Å²) in [5.74, 6) is -0.0487. The second-order valence-electron chi connectivity index (χ2n) is 7.45. The van der Waals surface area contributed by atoms with Crippen molar-refractivity contribution >= 4 is 11.6 Å². The van der Waals surface area contributed by atoms with E-state index in [1.807, 2.05) is 56.6 Å². The number of carbonyl (C=O) groups excluding carboxylic acids is 1. The van der Waals surface area contributed by atoms with E-state index in [2.05, 4.69) is 39.1 Å². The number of H-pyrrole nitrogens is 1. The number of nitrogens with one attached hydrogen (secondary N) is 4. The van der Waals surface area contributed by atoms with Gasteiger partial charge in [-0.3, -0.25) is 4.79 Å². The molecule has 5 heteroatoms. The lowest BCUT2D eigenvalue weighted by Gasteiger charge is -2.29. The molecule has 4 rings (SSSR count). The molecule has 0 radical (unpaired) electrons. The van der Waals surface area contributed by atoms with Crippen molar-refractivity contribution in [3.63, 3.8) is 0 Å². The van der Waals surface area contributed by atoms with Gasteiger partial charge in [-0.25, -0.2) is 0 Å². The first-order valence-corrected chi connectivity index (χ1v) is 9.72. The Hall–Kier alpha value is -3.05. The minimum absolute atomic E-state index is 0.0487. The molecule has 2 aromatic carbocycles. The fourth-order valence-electron chi connectivity index (χ4n) is 3.43. The van der Waals surface area contributed by atoms with Crippen molar-refractivity contribution in [2.45, 2.75) is 25.9 Å². The lowest BCUT2D eigenvalue weighted by Crippen LogP contribution is -2.51. The molecule has 1 unspecified atom stereocenters. The van der Waals surface area contributed by atoms with Crippen LogP contribution in [0.4, 0.5) is 5.69 Å². The van der Waals surface area contributed by atoms with Crippen LogP contribution in [0.1, 0.15) is 34.5 Å². The molecule has 1 saturated heterocycles. The highest BCUT2D eigenvalue weighted by Gasteiger charge is 2.18. The normalized spacial score (nSPS) is 14.9. The summed E-state index contributed by atoms with van der Waals surface area (Å²) in [6, 6.07) is 16.7. The average molecular weight is 374 g/mol. The highest BCUT2D eigenvalue weighted by Crippen LogP contribution is 2.24. The molecule has 4 N–H and O–H groups in total. The van der Waals surface area contributed by atoms with Gasteiger partial charge >= 0.3 is 0 Å². The zero-order valence-electron chi connectivity index (χ0n) is 16.3. The van der Waals surface area contributed by atoms with E-state index in [1.165, 1.54) is 0 Å². The van der Waals surface area contributed by atoms with Gasteiger partial charge in [0.1, 0.15) is 0 Å². The summed E-state index contributed by atoms with van der Waals surface area (Å²) in [4.78, 5) is 16.0. The van der Waals surface area contributed by atoms with Crippen LogP contribution in [-0.4, -0.2) is 30.0 Å². The highest BCUT2D eigenvalue weighted by molar-refractivity contribution is 5.96. The number of anilines is 1.